The minimum absolute atomic E-state index is 1.01. The third-order valence-electron chi connectivity index (χ3n) is 4.93. The summed E-state index contributed by atoms with van der Waals surface area (Å²) in [6.45, 7) is 1.01. The molecule has 1 heteroatoms. The van der Waals surface area contributed by atoms with E-state index in [-0.39, 0.29) is 0 Å². The molecule has 0 amide bonds. The van der Waals surface area contributed by atoms with E-state index >= 15 is 0 Å². The number of hydrogen-bond acceptors (Lipinski definition) is 1. The van der Waals surface area contributed by atoms with Crippen LogP contribution in [0.3, 0.4) is 0 Å². The quantitative estimate of drug-likeness (QED) is 0.788. The molecule has 1 nitrogen and oxygen atoms in total. The van der Waals surface area contributed by atoms with Crippen LogP contribution in [0, 0.1) is 0 Å². The molecule has 2 aliphatic carbocycles. The second kappa shape index (κ2) is 5.40. The van der Waals surface area contributed by atoms with Crippen molar-refractivity contribution in [1.82, 2.24) is 4.90 Å². The normalized spacial score (nSPS) is 15.4. The topological polar surface area (TPSA) is 3.24 Å². The fourth-order valence-corrected chi connectivity index (χ4v) is 3.95. The number of rotatable bonds is 2. The zero-order chi connectivity index (χ0) is 15.1. The van der Waals surface area contributed by atoms with Crippen LogP contribution < -0.4 is 0 Å². The Bertz CT molecular complexity index is 753. The second-order valence-corrected chi connectivity index (χ2v) is 6.83. The minimum Gasteiger partial charge on any atom is -0.305 e. The summed E-state index contributed by atoms with van der Waals surface area (Å²) in [6, 6.07) is 11.7. The van der Waals surface area contributed by atoms with Crippen LogP contribution in [0.2, 0.25) is 0 Å². The van der Waals surface area contributed by atoms with E-state index < -0.39 is 0 Å². The Morgan fingerprint density at radius 1 is 0.909 bits per heavy atom. The maximum Gasteiger partial charge on any atom is 0.0227 e. The van der Waals surface area contributed by atoms with Crippen LogP contribution in [0.1, 0.15) is 34.2 Å². The highest BCUT2D eigenvalue weighted by molar-refractivity contribution is 5.77. The van der Waals surface area contributed by atoms with Crippen molar-refractivity contribution in [2.75, 3.05) is 14.1 Å². The SMILES string of the molecule is CN(C)Cc1ccc2c(c1)-c1ccc3c(c1CC2)CCC=C3. The average molecular weight is 289 g/mol. The lowest BCUT2D eigenvalue weighted by Gasteiger charge is -2.26. The Morgan fingerprint density at radius 2 is 1.82 bits per heavy atom. The first-order valence-corrected chi connectivity index (χ1v) is 8.30. The summed E-state index contributed by atoms with van der Waals surface area (Å²) in [5, 5.41) is 0. The zero-order valence-corrected chi connectivity index (χ0v) is 13.5. The van der Waals surface area contributed by atoms with Gasteiger partial charge in [-0.25, -0.2) is 0 Å². The number of nitrogens with zero attached hydrogens (tertiary/aromatic N) is 1. The van der Waals surface area contributed by atoms with Crippen molar-refractivity contribution < 1.29 is 0 Å². The number of fused-ring (bicyclic) bond motifs is 5. The van der Waals surface area contributed by atoms with E-state index in [2.05, 4.69) is 61.5 Å². The summed E-state index contributed by atoms with van der Waals surface area (Å²) >= 11 is 0. The van der Waals surface area contributed by atoms with Crippen molar-refractivity contribution >= 4 is 6.08 Å². The van der Waals surface area contributed by atoms with Gasteiger partial charge in [-0.05, 0) is 84.8 Å². The van der Waals surface area contributed by atoms with Crippen molar-refractivity contribution in [3.63, 3.8) is 0 Å². The Balaban J connectivity index is 1.84. The highest BCUT2D eigenvalue weighted by Crippen LogP contribution is 2.38. The Kier molecular flexibility index (Phi) is 3.38. The first-order valence-electron chi connectivity index (χ1n) is 8.30. The Labute approximate surface area is 133 Å². The third-order valence-corrected chi connectivity index (χ3v) is 4.93. The van der Waals surface area contributed by atoms with Gasteiger partial charge in [-0.2, -0.15) is 0 Å². The number of benzene rings is 2. The van der Waals surface area contributed by atoms with Crippen molar-refractivity contribution in [2.45, 2.75) is 32.2 Å². The van der Waals surface area contributed by atoms with Gasteiger partial charge in [-0.15, -0.1) is 0 Å². The summed E-state index contributed by atoms with van der Waals surface area (Å²) in [6.07, 6.45) is 9.40. The van der Waals surface area contributed by atoms with Gasteiger partial charge in [0, 0.05) is 6.54 Å². The van der Waals surface area contributed by atoms with Crippen LogP contribution in [0.5, 0.6) is 0 Å². The van der Waals surface area contributed by atoms with Gasteiger partial charge in [-0.1, -0.05) is 36.4 Å². The molecule has 2 aliphatic rings. The minimum atomic E-state index is 1.01. The van der Waals surface area contributed by atoms with Crippen molar-refractivity contribution in [3.05, 3.63) is 64.2 Å². The third kappa shape index (κ3) is 2.30. The Morgan fingerprint density at radius 3 is 2.68 bits per heavy atom. The van der Waals surface area contributed by atoms with E-state index in [1.165, 1.54) is 53.5 Å². The van der Waals surface area contributed by atoms with E-state index in [9.17, 15) is 0 Å². The number of hydrogen-bond donors (Lipinski definition) is 0. The molecule has 0 aromatic heterocycles. The molecule has 0 fully saturated rings. The van der Waals surface area contributed by atoms with Crippen LogP contribution in [0.25, 0.3) is 17.2 Å². The highest BCUT2D eigenvalue weighted by atomic mass is 15.0. The second-order valence-electron chi connectivity index (χ2n) is 6.83. The fourth-order valence-electron chi connectivity index (χ4n) is 3.95. The lowest BCUT2D eigenvalue weighted by atomic mass is 9.79. The summed E-state index contributed by atoms with van der Waals surface area (Å²) < 4.78 is 0. The van der Waals surface area contributed by atoms with Gasteiger partial charge in [-0.3, -0.25) is 0 Å². The molecule has 2 aromatic rings. The molecule has 0 atom stereocenters. The first kappa shape index (κ1) is 13.8. The molecule has 0 spiro atoms. The molecule has 22 heavy (non-hydrogen) atoms. The zero-order valence-electron chi connectivity index (χ0n) is 13.5. The largest absolute Gasteiger partial charge is 0.305 e. The van der Waals surface area contributed by atoms with Gasteiger partial charge in [0.05, 0.1) is 0 Å². The molecular formula is C21H23N. The van der Waals surface area contributed by atoms with Crippen LogP contribution in [0.15, 0.2) is 36.4 Å². The van der Waals surface area contributed by atoms with Gasteiger partial charge in [0.15, 0.2) is 0 Å². The van der Waals surface area contributed by atoms with Crippen molar-refractivity contribution in [3.8, 4) is 11.1 Å². The van der Waals surface area contributed by atoms with E-state index in [1.54, 1.807) is 11.1 Å². The summed E-state index contributed by atoms with van der Waals surface area (Å²) in [4.78, 5) is 2.24. The molecule has 0 saturated carbocycles. The van der Waals surface area contributed by atoms with Gasteiger partial charge in [0.1, 0.15) is 0 Å². The van der Waals surface area contributed by atoms with Gasteiger partial charge in [0.2, 0.25) is 0 Å². The predicted octanol–water partition coefficient (Wildman–Crippen LogP) is 4.47. The molecule has 2 aromatic carbocycles. The molecule has 0 radical (unpaired) electrons. The van der Waals surface area contributed by atoms with Gasteiger partial charge < -0.3 is 4.90 Å². The average Bonchev–Trinajstić information content (AvgIpc) is 2.53. The van der Waals surface area contributed by atoms with E-state index in [1.807, 2.05) is 0 Å². The maximum atomic E-state index is 2.42. The van der Waals surface area contributed by atoms with Crippen LogP contribution in [-0.4, -0.2) is 19.0 Å². The van der Waals surface area contributed by atoms with Gasteiger partial charge in [0.25, 0.3) is 0 Å². The molecule has 112 valence electrons. The van der Waals surface area contributed by atoms with E-state index in [0.29, 0.717) is 0 Å². The fraction of sp³-hybridized carbons (Fsp3) is 0.333. The maximum absolute atomic E-state index is 2.42. The van der Waals surface area contributed by atoms with Crippen molar-refractivity contribution in [1.29, 1.82) is 0 Å². The van der Waals surface area contributed by atoms with E-state index in [0.717, 1.165) is 6.54 Å². The van der Waals surface area contributed by atoms with Crippen molar-refractivity contribution in [2.24, 2.45) is 0 Å². The highest BCUT2D eigenvalue weighted by Gasteiger charge is 2.21. The molecule has 0 unspecified atom stereocenters. The summed E-state index contributed by atoms with van der Waals surface area (Å²) in [7, 11) is 4.27. The summed E-state index contributed by atoms with van der Waals surface area (Å²) in [5.74, 6) is 0. The smallest absolute Gasteiger partial charge is 0.0227 e. The summed E-state index contributed by atoms with van der Waals surface area (Å²) in [5.41, 5.74) is 10.5. The van der Waals surface area contributed by atoms with Crippen LogP contribution in [0.4, 0.5) is 0 Å². The molecule has 0 heterocycles. The predicted molar refractivity (Wildman–Crippen MR) is 94.0 cm³/mol. The Hall–Kier alpha value is -1.86. The van der Waals surface area contributed by atoms with Gasteiger partial charge >= 0.3 is 0 Å². The molecule has 0 aliphatic heterocycles. The molecule has 0 N–H and O–H groups in total. The molecule has 0 saturated heterocycles. The standard InChI is InChI=1S/C21H23N/c1-22(2)14-15-7-8-17-10-11-19-18-6-4-3-5-16(18)9-12-20(19)21(17)13-15/h3,5,7-9,12-13H,4,6,10-11,14H2,1-2H3. The molecular weight excluding hydrogens is 266 g/mol. The first-order chi connectivity index (χ1) is 10.7. The van der Waals surface area contributed by atoms with Crippen LogP contribution >= 0.6 is 0 Å². The monoisotopic (exact) mass is 289 g/mol. The molecule has 4 rings (SSSR count). The lowest BCUT2D eigenvalue weighted by Crippen LogP contribution is -2.13. The van der Waals surface area contributed by atoms with E-state index in [4.69, 9.17) is 0 Å². The lowest BCUT2D eigenvalue weighted by molar-refractivity contribution is 0.402. The number of aryl methyl sites for hydroxylation is 1. The number of allylic oxidation sites excluding steroid dienone is 1. The molecule has 0 bridgehead atoms. The van der Waals surface area contributed by atoms with Crippen LogP contribution in [-0.2, 0) is 25.8 Å².